The number of nitrogens with zero attached hydrogens (tertiary/aromatic N) is 4. The predicted molar refractivity (Wildman–Crippen MR) is 84.4 cm³/mol. The van der Waals surface area contributed by atoms with Crippen molar-refractivity contribution < 1.29 is 4.79 Å². The summed E-state index contributed by atoms with van der Waals surface area (Å²) >= 11 is 0. The number of likely N-dealkylation sites (N-methyl/N-ethyl adjacent to an activating group) is 1. The van der Waals surface area contributed by atoms with Gasteiger partial charge in [-0.3, -0.25) is 9.48 Å². The Morgan fingerprint density at radius 3 is 2.67 bits per heavy atom. The highest BCUT2D eigenvalue weighted by Crippen LogP contribution is 2.22. The van der Waals surface area contributed by atoms with Gasteiger partial charge in [0.15, 0.2) is 0 Å². The lowest BCUT2D eigenvalue weighted by atomic mass is 10.2. The summed E-state index contributed by atoms with van der Waals surface area (Å²) in [7, 11) is 3.91. The maximum Gasteiger partial charge on any atom is 0.242 e. The fourth-order valence-electron chi connectivity index (χ4n) is 2.97. The summed E-state index contributed by atoms with van der Waals surface area (Å²) in [5.74, 6) is 1.24. The van der Waals surface area contributed by atoms with Gasteiger partial charge in [-0.25, -0.2) is 0 Å². The summed E-state index contributed by atoms with van der Waals surface area (Å²) in [5, 5.41) is 7.85. The van der Waals surface area contributed by atoms with E-state index in [4.69, 9.17) is 0 Å². The van der Waals surface area contributed by atoms with E-state index in [0.29, 0.717) is 6.54 Å². The molecule has 0 bridgehead atoms. The second-order valence-electron chi connectivity index (χ2n) is 5.74. The Bertz CT molecular complexity index is 490. The van der Waals surface area contributed by atoms with Gasteiger partial charge >= 0.3 is 0 Å². The zero-order valence-electron chi connectivity index (χ0n) is 13.6. The van der Waals surface area contributed by atoms with Crippen molar-refractivity contribution in [2.24, 2.45) is 7.05 Å². The molecule has 0 spiro atoms. The van der Waals surface area contributed by atoms with Gasteiger partial charge in [-0.15, -0.1) is 0 Å². The van der Waals surface area contributed by atoms with Crippen molar-refractivity contribution in [3.63, 3.8) is 0 Å². The molecule has 0 aromatic carbocycles. The molecule has 6 nitrogen and oxygen atoms in total. The number of aromatic nitrogens is 2. The Labute approximate surface area is 127 Å². The van der Waals surface area contributed by atoms with Gasteiger partial charge in [0.2, 0.25) is 5.91 Å². The number of hydrogen-bond acceptors (Lipinski definition) is 4. The van der Waals surface area contributed by atoms with Crippen molar-refractivity contribution in [1.29, 1.82) is 0 Å². The third-order valence-corrected chi connectivity index (χ3v) is 4.06. The molecular weight excluding hydrogens is 266 g/mol. The van der Waals surface area contributed by atoms with E-state index in [1.165, 1.54) is 5.56 Å². The van der Waals surface area contributed by atoms with Crippen LogP contribution in [0.15, 0.2) is 0 Å². The molecule has 1 aromatic rings. The molecule has 1 fully saturated rings. The molecule has 1 aliphatic heterocycles. The van der Waals surface area contributed by atoms with E-state index in [-0.39, 0.29) is 5.91 Å². The van der Waals surface area contributed by atoms with Gasteiger partial charge in [0.25, 0.3) is 0 Å². The Hall–Kier alpha value is -1.56. The summed E-state index contributed by atoms with van der Waals surface area (Å²) in [6.07, 6.45) is 2.26. The smallest absolute Gasteiger partial charge is 0.242 e. The third kappa shape index (κ3) is 3.56. The number of hydrogen-bond donors (Lipinski definition) is 1. The van der Waals surface area contributed by atoms with E-state index in [9.17, 15) is 4.79 Å². The van der Waals surface area contributed by atoms with Crippen LogP contribution in [0.1, 0.15) is 31.0 Å². The average molecular weight is 293 g/mol. The standard InChI is InChI=1S/C15H27N5O/c1-5-16-10-13-12(2)17-19(4)15(13)18(3)11-14(21)20-8-6-7-9-20/h16H,5-11H2,1-4H3. The van der Waals surface area contributed by atoms with Crippen molar-refractivity contribution in [1.82, 2.24) is 20.0 Å². The van der Waals surface area contributed by atoms with Crippen LogP contribution in [0.2, 0.25) is 0 Å². The second kappa shape index (κ2) is 6.93. The van der Waals surface area contributed by atoms with E-state index >= 15 is 0 Å². The molecule has 6 heteroatoms. The zero-order valence-corrected chi connectivity index (χ0v) is 13.6. The molecule has 1 N–H and O–H groups in total. The maximum atomic E-state index is 12.3. The quantitative estimate of drug-likeness (QED) is 0.846. The molecule has 0 saturated carbocycles. The first-order valence-corrected chi connectivity index (χ1v) is 7.76. The number of likely N-dealkylation sites (tertiary alicyclic amines) is 1. The van der Waals surface area contributed by atoms with E-state index in [1.807, 2.05) is 35.5 Å². The molecule has 2 rings (SSSR count). The largest absolute Gasteiger partial charge is 0.350 e. The van der Waals surface area contributed by atoms with Gasteiger partial charge in [0.1, 0.15) is 5.82 Å². The lowest BCUT2D eigenvalue weighted by Gasteiger charge is -2.24. The first-order valence-electron chi connectivity index (χ1n) is 7.76. The first-order chi connectivity index (χ1) is 10.0. The average Bonchev–Trinajstić information content (AvgIpc) is 3.04. The number of aryl methyl sites for hydroxylation is 2. The van der Waals surface area contributed by atoms with E-state index < -0.39 is 0 Å². The lowest BCUT2D eigenvalue weighted by Crippen LogP contribution is -2.38. The monoisotopic (exact) mass is 293 g/mol. The zero-order chi connectivity index (χ0) is 15.4. The molecular formula is C15H27N5O. The van der Waals surface area contributed by atoms with Crippen molar-refractivity contribution in [2.45, 2.75) is 33.2 Å². The molecule has 1 amide bonds. The molecule has 0 radical (unpaired) electrons. The van der Waals surface area contributed by atoms with Crippen LogP contribution in [-0.2, 0) is 18.4 Å². The van der Waals surface area contributed by atoms with Gasteiger partial charge < -0.3 is 15.1 Å². The van der Waals surface area contributed by atoms with Crippen LogP contribution in [0.3, 0.4) is 0 Å². The van der Waals surface area contributed by atoms with Crippen LogP contribution in [-0.4, -0.2) is 53.8 Å². The van der Waals surface area contributed by atoms with Crippen LogP contribution >= 0.6 is 0 Å². The first kappa shape index (κ1) is 15.8. The number of amides is 1. The van der Waals surface area contributed by atoms with Gasteiger partial charge in [0.05, 0.1) is 12.2 Å². The minimum absolute atomic E-state index is 0.211. The van der Waals surface area contributed by atoms with Crippen molar-refractivity contribution in [3.8, 4) is 0 Å². The molecule has 0 atom stereocenters. The number of anilines is 1. The van der Waals surface area contributed by atoms with Gasteiger partial charge in [0, 0.05) is 39.3 Å². The highest BCUT2D eigenvalue weighted by molar-refractivity contribution is 5.81. The van der Waals surface area contributed by atoms with Crippen LogP contribution in [0.5, 0.6) is 0 Å². The molecule has 0 aliphatic carbocycles. The molecule has 1 aromatic heterocycles. The van der Waals surface area contributed by atoms with Gasteiger partial charge in [-0.1, -0.05) is 6.92 Å². The van der Waals surface area contributed by atoms with Crippen molar-refractivity contribution in [2.75, 3.05) is 38.1 Å². The van der Waals surface area contributed by atoms with Crippen LogP contribution < -0.4 is 10.2 Å². The Morgan fingerprint density at radius 2 is 2.05 bits per heavy atom. The highest BCUT2D eigenvalue weighted by atomic mass is 16.2. The summed E-state index contributed by atoms with van der Waals surface area (Å²) in [6.45, 7) is 8.04. The second-order valence-corrected chi connectivity index (χ2v) is 5.74. The van der Waals surface area contributed by atoms with E-state index in [0.717, 1.165) is 50.5 Å². The summed E-state index contributed by atoms with van der Waals surface area (Å²) < 4.78 is 1.87. The Balaban J connectivity index is 2.10. The lowest BCUT2D eigenvalue weighted by molar-refractivity contribution is -0.128. The minimum Gasteiger partial charge on any atom is -0.350 e. The minimum atomic E-state index is 0.211. The molecule has 21 heavy (non-hydrogen) atoms. The normalized spacial score (nSPS) is 14.8. The molecule has 118 valence electrons. The summed E-state index contributed by atoms with van der Waals surface area (Å²) in [4.78, 5) is 16.3. The number of carbonyl (C=O) groups excluding carboxylic acids is 1. The van der Waals surface area contributed by atoms with Crippen LogP contribution in [0, 0.1) is 6.92 Å². The van der Waals surface area contributed by atoms with Crippen molar-refractivity contribution >= 4 is 11.7 Å². The number of nitrogens with one attached hydrogen (secondary N) is 1. The van der Waals surface area contributed by atoms with Gasteiger partial charge in [-0.05, 0) is 26.3 Å². The fourth-order valence-corrected chi connectivity index (χ4v) is 2.97. The third-order valence-electron chi connectivity index (χ3n) is 4.06. The van der Waals surface area contributed by atoms with Crippen LogP contribution in [0.4, 0.5) is 5.82 Å². The van der Waals surface area contributed by atoms with E-state index in [1.54, 1.807) is 0 Å². The SMILES string of the molecule is CCNCc1c(C)nn(C)c1N(C)CC(=O)N1CCCC1. The number of carbonyl (C=O) groups is 1. The van der Waals surface area contributed by atoms with Crippen LogP contribution in [0.25, 0.3) is 0 Å². The topological polar surface area (TPSA) is 53.4 Å². The molecule has 1 aliphatic rings. The van der Waals surface area contributed by atoms with E-state index in [2.05, 4.69) is 17.3 Å². The van der Waals surface area contributed by atoms with Gasteiger partial charge in [-0.2, -0.15) is 5.10 Å². The predicted octanol–water partition coefficient (Wildman–Crippen LogP) is 0.897. The summed E-state index contributed by atoms with van der Waals surface area (Å²) in [5.41, 5.74) is 2.20. The molecule has 2 heterocycles. The van der Waals surface area contributed by atoms with Crippen molar-refractivity contribution in [3.05, 3.63) is 11.3 Å². The molecule has 1 saturated heterocycles. The molecule has 0 unspecified atom stereocenters. The number of rotatable bonds is 6. The highest BCUT2D eigenvalue weighted by Gasteiger charge is 2.22. The fraction of sp³-hybridized carbons (Fsp3) is 0.733. The Kier molecular flexibility index (Phi) is 5.22. The maximum absolute atomic E-state index is 12.3. The summed E-state index contributed by atoms with van der Waals surface area (Å²) in [6, 6.07) is 0. The Morgan fingerprint density at radius 1 is 1.38 bits per heavy atom.